The van der Waals surface area contributed by atoms with Gasteiger partial charge in [-0.2, -0.15) is 4.98 Å². The Kier molecular flexibility index (Phi) is 11.8. The second-order valence-corrected chi connectivity index (χ2v) is 20.1. The van der Waals surface area contributed by atoms with Crippen molar-refractivity contribution in [1.82, 2.24) is 25.2 Å². The van der Waals surface area contributed by atoms with E-state index in [-0.39, 0.29) is 31.2 Å². The number of hydrogen-bond acceptors (Lipinski definition) is 11. The predicted molar refractivity (Wildman–Crippen MR) is 215 cm³/mol. The Morgan fingerprint density at radius 2 is 1.88 bits per heavy atom. The molecule has 1 aromatic heterocycles. The van der Waals surface area contributed by atoms with Gasteiger partial charge in [0.15, 0.2) is 5.60 Å². The summed E-state index contributed by atoms with van der Waals surface area (Å²) in [6, 6.07) is 2.86. The third kappa shape index (κ3) is 8.57. The number of ether oxygens (including phenoxy) is 4. The minimum absolute atomic E-state index is 0.0199. The summed E-state index contributed by atoms with van der Waals surface area (Å²) in [5.41, 5.74) is -2.89. The summed E-state index contributed by atoms with van der Waals surface area (Å²) in [5.74, 6) is -2.13. The summed E-state index contributed by atoms with van der Waals surface area (Å²) in [5, 5.41) is 6.86. The van der Waals surface area contributed by atoms with Gasteiger partial charge in [-0.05, 0) is 108 Å². The molecule has 2 aromatic rings. The van der Waals surface area contributed by atoms with Gasteiger partial charge in [0.1, 0.15) is 29.5 Å². The lowest BCUT2D eigenvalue weighted by molar-refractivity contribution is -0.142. The van der Waals surface area contributed by atoms with Crippen LogP contribution in [0.15, 0.2) is 30.4 Å². The number of rotatable bonds is 9. The SMILES string of the molecule is COc1ccc2c(OC3CC4C(=O)NC5(C(=O)NS(=O)(=O)C6(C)CC6)CC5C=CCCC(C)CC(C)C(NC(=O)OC(C)(C)C(F)F)C(=O)N4C3)nc3c(c2c1)CCCO3. The zero-order chi connectivity index (χ0) is 43.4. The molecule has 328 valence electrons. The maximum atomic E-state index is 14.9. The Balaban J connectivity index is 1.25. The fraction of sp³-hybridized carbons (Fsp3) is 0.643. The average molecular weight is 860 g/mol. The first-order valence-corrected chi connectivity index (χ1v) is 22.2. The zero-order valence-corrected chi connectivity index (χ0v) is 35.7. The van der Waals surface area contributed by atoms with E-state index in [0.717, 1.165) is 31.2 Å². The third-order valence-electron chi connectivity index (χ3n) is 12.7. The van der Waals surface area contributed by atoms with Gasteiger partial charge in [-0.3, -0.25) is 19.1 Å². The molecule has 7 atom stereocenters. The van der Waals surface area contributed by atoms with E-state index in [1.54, 1.807) is 27.0 Å². The molecule has 2 aliphatic carbocycles. The van der Waals surface area contributed by atoms with Gasteiger partial charge in [0.25, 0.3) is 12.3 Å². The molecule has 3 N–H and O–H groups in total. The summed E-state index contributed by atoms with van der Waals surface area (Å²) in [4.78, 5) is 62.8. The first-order valence-electron chi connectivity index (χ1n) is 20.7. The van der Waals surface area contributed by atoms with Crippen molar-refractivity contribution >= 4 is 44.6 Å². The standard InChI is InChI=1S/C42H55F2N5O10S/c1-23-10-7-8-11-25-21-42(25,38(52)48-60(54,55)41(5)15-16-41)47-33(50)31-20-27(22-49(31)36(51)32(24(2)18-23)45-39(53)59-40(3,4)37(43)44)58-35-29-14-13-26(56-6)19-30(29)28-12-9-17-57-34(28)46-35/h8,11,13-14,19,23-25,27,31-32,37H,7,9-10,12,15-18,20-22H2,1-6H3,(H,45,53)(H,47,50)(H,48,52). The van der Waals surface area contributed by atoms with Gasteiger partial charge in [0, 0.05) is 23.3 Å². The van der Waals surface area contributed by atoms with Gasteiger partial charge >= 0.3 is 6.09 Å². The van der Waals surface area contributed by atoms with Crippen LogP contribution in [0.4, 0.5) is 13.6 Å². The number of benzene rings is 1. The number of methoxy groups -OCH3 is 1. The molecule has 1 aromatic carbocycles. The van der Waals surface area contributed by atoms with Gasteiger partial charge in [-0.15, -0.1) is 0 Å². The molecule has 0 bridgehead atoms. The van der Waals surface area contributed by atoms with Crippen molar-refractivity contribution in [1.29, 1.82) is 0 Å². The molecular formula is C42H55F2N5O10S. The molecule has 60 heavy (non-hydrogen) atoms. The maximum Gasteiger partial charge on any atom is 0.408 e. The van der Waals surface area contributed by atoms with Crippen molar-refractivity contribution in [3.8, 4) is 17.5 Å². The molecule has 5 aliphatic rings. The second kappa shape index (κ2) is 16.3. The van der Waals surface area contributed by atoms with Crippen molar-refractivity contribution in [2.24, 2.45) is 17.8 Å². The number of carbonyl (C=O) groups is 4. The van der Waals surface area contributed by atoms with Crippen LogP contribution in [0, 0.1) is 17.8 Å². The molecule has 7 rings (SSSR count). The summed E-state index contributed by atoms with van der Waals surface area (Å²) in [7, 11) is -2.50. The third-order valence-corrected chi connectivity index (χ3v) is 14.9. The minimum atomic E-state index is -4.06. The van der Waals surface area contributed by atoms with Crippen LogP contribution in [-0.4, -0.2) is 103 Å². The number of aromatic nitrogens is 1. The monoisotopic (exact) mass is 859 g/mol. The fourth-order valence-corrected chi connectivity index (χ4v) is 9.80. The Morgan fingerprint density at radius 3 is 2.58 bits per heavy atom. The maximum absolute atomic E-state index is 14.9. The Bertz CT molecular complexity index is 2180. The van der Waals surface area contributed by atoms with Gasteiger partial charge in [-0.25, -0.2) is 22.0 Å². The van der Waals surface area contributed by atoms with E-state index in [1.807, 2.05) is 31.2 Å². The number of aryl methyl sites for hydroxylation is 1. The molecule has 15 nitrogen and oxygen atoms in total. The number of alkyl halides is 2. The number of pyridine rings is 1. The quantitative estimate of drug-likeness (QED) is 0.290. The number of hydrogen-bond donors (Lipinski definition) is 3. The van der Waals surface area contributed by atoms with Gasteiger partial charge in [0.05, 0.1) is 25.0 Å². The molecule has 18 heteroatoms. The number of allylic oxidation sites excluding steroid dienone is 1. The van der Waals surface area contributed by atoms with Crippen molar-refractivity contribution in [3.63, 3.8) is 0 Å². The first kappa shape index (κ1) is 43.4. The highest BCUT2D eigenvalue weighted by atomic mass is 32.2. The Labute approximate surface area is 348 Å². The van der Waals surface area contributed by atoms with E-state index < -0.39 is 86.2 Å². The molecular weight excluding hydrogens is 805 g/mol. The van der Waals surface area contributed by atoms with Gasteiger partial charge in [-0.1, -0.05) is 26.0 Å². The van der Waals surface area contributed by atoms with E-state index in [4.69, 9.17) is 23.9 Å². The summed E-state index contributed by atoms with van der Waals surface area (Å²) in [6.07, 6.45) is 2.66. The topological polar surface area (TPSA) is 192 Å². The van der Waals surface area contributed by atoms with Gasteiger partial charge in [0.2, 0.25) is 33.6 Å². The summed E-state index contributed by atoms with van der Waals surface area (Å²) >= 11 is 0. The van der Waals surface area contributed by atoms with Crippen molar-refractivity contribution < 1.29 is 55.3 Å². The molecule has 4 heterocycles. The number of nitrogens with one attached hydrogen (secondary N) is 3. The predicted octanol–water partition coefficient (Wildman–Crippen LogP) is 4.94. The highest BCUT2D eigenvalue weighted by Crippen LogP contribution is 2.48. The lowest BCUT2D eigenvalue weighted by atomic mass is 9.88. The Hall–Kier alpha value is -4.74. The molecule has 0 spiro atoms. The molecule has 0 radical (unpaired) electrons. The Morgan fingerprint density at radius 1 is 1.13 bits per heavy atom. The van der Waals surface area contributed by atoms with Crippen molar-refractivity contribution in [2.75, 3.05) is 20.3 Å². The van der Waals surface area contributed by atoms with E-state index >= 15 is 0 Å². The lowest BCUT2D eigenvalue weighted by Gasteiger charge is -2.33. The molecule has 2 saturated carbocycles. The number of nitrogens with zero attached hydrogens (tertiary/aromatic N) is 2. The van der Waals surface area contributed by atoms with Crippen LogP contribution in [0.1, 0.15) is 91.5 Å². The van der Waals surface area contributed by atoms with Crippen LogP contribution in [0.2, 0.25) is 0 Å². The lowest BCUT2D eigenvalue weighted by Crippen LogP contribution is -2.59. The summed E-state index contributed by atoms with van der Waals surface area (Å²) < 4.78 is 78.3. The molecule has 4 amide bonds. The number of fused-ring (bicyclic) bond motifs is 5. The largest absolute Gasteiger partial charge is 0.497 e. The number of alkyl carbamates (subject to hydrolysis) is 1. The van der Waals surface area contributed by atoms with Crippen LogP contribution in [0.25, 0.3) is 10.8 Å². The second-order valence-electron chi connectivity index (χ2n) is 17.9. The van der Waals surface area contributed by atoms with Crippen molar-refractivity contribution in [2.45, 2.75) is 133 Å². The molecule has 1 saturated heterocycles. The number of carbonyl (C=O) groups excluding carboxylic acids is 4. The average Bonchev–Trinajstić information content (AvgIpc) is 4.07. The van der Waals surface area contributed by atoms with Crippen LogP contribution in [0.5, 0.6) is 17.5 Å². The van der Waals surface area contributed by atoms with Gasteiger partial charge < -0.3 is 34.5 Å². The number of halogens is 2. The van der Waals surface area contributed by atoms with Crippen LogP contribution in [0.3, 0.4) is 0 Å². The zero-order valence-electron chi connectivity index (χ0n) is 34.8. The molecule has 3 fully saturated rings. The summed E-state index contributed by atoms with van der Waals surface area (Å²) in [6.45, 7) is 7.72. The normalized spacial score (nSPS) is 29.1. The van der Waals surface area contributed by atoms with E-state index in [1.165, 1.54) is 4.90 Å². The number of amides is 4. The fourth-order valence-electron chi connectivity index (χ4n) is 8.48. The minimum Gasteiger partial charge on any atom is -0.497 e. The highest BCUT2D eigenvalue weighted by molar-refractivity contribution is 7.91. The van der Waals surface area contributed by atoms with E-state index in [9.17, 15) is 36.4 Å². The smallest absolute Gasteiger partial charge is 0.408 e. The molecule has 3 aliphatic heterocycles. The van der Waals surface area contributed by atoms with E-state index in [0.29, 0.717) is 62.1 Å². The van der Waals surface area contributed by atoms with Crippen LogP contribution in [-0.2, 0) is 35.6 Å². The first-order chi connectivity index (χ1) is 28.3. The van der Waals surface area contributed by atoms with E-state index in [2.05, 4.69) is 15.4 Å². The van der Waals surface area contributed by atoms with Crippen molar-refractivity contribution in [3.05, 3.63) is 35.9 Å². The number of sulfonamides is 1. The van der Waals surface area contributed by atoms with Crippen LogP contribution < -0.4 is 29.6 Å². The molecule has 7 unspecified atom stereocenters. The van der Waals surface area contributed by atoms with Crippen LogP contribution >= 0.6 is 0 Å². The highest BCUT2D eigenvalue weighted by Gasteiger charge is 2.63.